The van der Waals surface area contributed by atoms with Gasteiger partial charge in [0.1, 0.15) is 0 Å². The molecule has 2 N–H and O–H groups in total. The molecular weight excluding hydrogens is 214 g/mol. The summed E-state index contributed by atoms with van der Waals surface area (Å²) >= 11 is 0. The molecule has 1 fully saturated rings. The van der Waals surface area contributed by atoms with E-state index in [0.29, 0.717) is 5.92 Å². The van der Waals surface area contributed by atoms with Crippen molar-refractivity contribution in [2.75, 3.05) is 11.9 Å². The maximum atomic E-state index is 4.72. The maximum absolute atomic E-state index is 4.72. The quantitative estimate of drug-likeness (QED) is 0.787. The minimum atomic E-state index is 0.641. The van der Waals surface area contributed by atoms with Gasteiger partial charge >= 0.3 is 0 Å². The highest BCUT2D eigenvalue weighted by atomic mass is 15.2. The molecule has 1 saturated carbocycles. The molecule has 0 aliphatic heterocycles. The topological polar surface area (TPSA) is 57.5 Å². The van der Waals surface area contributed by atoms with Crippen LogP contribution in [0.2, 0.25) is 0 Å². The highest BCUT2D eigenvalue weighted by molar-refractivity contribution is 5.80. The van der Waals surface area contributed by atoms with Crippen molar-refractivity contribution in [3.05, 3.63) is 12.2 Å². The number of aromatic nitrogens is 4. The molecule has 0 amide bonds. The van der Waals surface area contributed by atoms with Gasteiger partial charge in [-0.15, -0.1) is 0 Å². The molecule has 5 nitrogen and oxygen atoms in total. The Morgan fingerprint density at radius 2 is 2.29 bits per heavy atom. The van der Waals surface area contributed by atoms with Crippen LogP contribution in [0, 0.1) is 0 Å². The van der Waals surface area contributed by atoms with Crippen LogP contribution in [0.15, 0.2) is 6.33 Å². The zero-order valence-corrected chi connectivity index (χ0v) is 10.3. The van der Waals surface area contributed by atoms with Gasteiger partial charge in [-0.3, -0.25) is 0 Å². The third kappa shape index (κ3) is 1.75. The molecule has 0 unspecified atom stereocenters. The van der Waals surface area contributed by atoms with Gasteiger partial charge in [0.15, 0.2) is 11.3 Å². The van der Waals surface area contributed by atoms with E-state index in [1.807, 2.05) is 6.33 Å². The third-order valence-electron chi connectivity index (χ3n) is 3.19. The van der Waals surface area contributed by atoms with Crippen LogP contribution in [0.25, 0.3) is 11.2 Å². The first kappa shape index (κ1) is 10.5. The molecule has 5 heteroatoms. The summed E-state index contributed by atoms with van der Waals surface area (Å²) in [5, 5.41) is 3.28. The van der Waals surface area contributed by atoms with Crippen LogP contribution in [0.5, 0.6) is 0 Å². The van der Waals surface area contributed by atoms with Gasteiger partial charge in [-0.25, -0.2) is 4.57 Å². The normalized spacial score (nSPS) is 15.4. The number of hydrogen-bond acceptors (Lipinski definition) is 3. The number of rotatable bonds is 4. The summed E-state index contributed by atoms with van der Waals surface area (Å²) in [6, 6.07) is 0. The zero-order chi connectivity index (χ0) is 11.8. The lowest BCUT2D eigenvalue weighted by Gasteiger charge is -2.00. The average molecular weight is 232 g/mol. The SMILES string of the molecule is CCNc1nc[n+](CC)c2nc(C3CC3)[nH]c12. The van der Waals surface area contributed by atoms with Crippen LogP contribution in [-0.4, -0.2) is 21.5 Å². The van der Waals surface area contributed by atoms with E-state index < -0.39 is 0 Å². The summed E-state index contributed by atoms with van der Waals surface area (Å²) in [4.78, 5) is 12.6. The van der Waals surface area contributed by atoms with E-state index in [-0.39, 0.29) is 0 Å². The summed E-state index contributed by atoms with van der Waals surface area (Å²) < 4.78 is 2.08. The molecule has 0 radical (unpaired) electrons. The van der Waals surface area contributed by atoms with Gasteiger partial charge in [-0.1, -0.05) is 9.97 Å². The molecule has 1 aliphatic carbocycles. The predicted molar refractivity (Wildman–Crippen MR) is 65.9 cm³/mol. The second-order valence-corrected chi connectivity index (χ2v) is 4.50. The predicted octanol–water partition coefficient (Wildman–Crippen LogP) is 1.57. The number of fused-ring (bicyclic) bond motifs is 1. The van der Waals surface area contributed by atoms with Crippen LogP contribution in [-0.2, 0) is 6.54 Å². The summed E-state index contributed by atoms with van der Waals surface area (Å²) in [5.41, 5.74) is 2.05. The lowest BCUT2D eigenvalue weighted by molar-refractivity contribution is -0.672. The Balaban J connectivity index is 2.16. The Kier molecular flexibility index (Phi) is 2.46. The van der Waals surface area contributed by atoms with Crippen molar-refractivity contribution in [2.24, 2.45) is 0 Å². The monoisotopic (exact) mass is 232 g/mol. The lowest BCUT2D eigenvalue weighted by Crippen LogP contribution is -2.34. The van der Waals surface area contributed by atoms with E-state index in [2.05, 4.69) is 33.7 Å². The fourth-order valence-electron chi connectivity index (χ4n) is 2.08. The van der Waals surface area contributed by atoms with Crippen molar-refractivity contribution in [1.82, 2.24) is 15.0 Å². The minimum Gasteiger partial charge on any atom is -0.355 e. The van der Waals surface area contributed by atoms with E-state index >= 15 is 0 Å². The fraction of sp³-hybridized carbons (Fsp3) is 0.583. The molecule has 1 aliphatic rings. The molecule has 0 saturated heterocycles. The minimum absolute atomic E-state index is 0.641. The van der Waals surface area contributed by atoms with Crippen molar-refractivity contribution in [2.45, 2.75) is 39.2 Å². The van der Waals surface area contributed by atoms with E-state index in [1.165, 1.54) is 12.8 Å². The second-order valence-electron chi connectivity index (χ2n) is 4.50. The van der Waals surface area contributed by atoms with Gasteiger partial charge in [0.25, 0.3) is 5.65 Å². The summed E-state index contributed by atoms with van der Waals surface area (Å²) in [6.07, 6.45) is 4.38. The molecule has 17 heavy (non-hydrogen) atoms. The number of hydrogen-bond donors (Lipinski definition) is 2. The summed E-state index contributed by atoms with van der Waals surface area (Å²) in [5.74, 6) is 2.67. The first-order chi connectivity index (χ1) is 8.33. The van der Waals surface area contributed by atoms with E-state index in [4.69, 9.17) is 4.98 Å². The first-order valence-electron chi connectivity index (χ1n) is 6.35. The average Bonchev–Trinajstić information content (AvgIpc) is 3.09. The molecule has 3 rings (SSSR count). The first-order valence-corrected chi connectivity index (χ1v) is 6.35. The molecule has 0 aromatic carbocycles. The van der Waals surface area contributed by atoms with Crippen LogP contribution in [0.4, 0.5) is 5.82 Å². The Morgan fingerprint density at radius 3 is 2.94 bits per heavy atom. The van der Waals surface area contributed by atoms with Crippen LogP contribution in [0.3, 0.4) is 0 Å². The van der Waals surface area contributed by atoms with Gasteiger partial charge in [0, 0.05) is 12.5 Å². The second kappa shape index (κ2) is 3.98. The molecular formula is C12H18N5+. The molecule has 0 atom stereocenters. The highest BCUT2D eigenvalue weighted by Crippen LogP contribution is 2.39. The van der Waals surface area contributed by atoms with Crippen molar-refractivity contribution in [3.63, 3.8) is 0 Å². The van der Waals surface area contributed by atoms with Gasteiger partial charge in [0.2, 0.25) is 12.1 Å². The molecule has 0 bridgehead atoms. The largest absolute Gasteiger partial charge is 0.355 e. The number of anilines is 1. The number of H-pyrrole nitrogens is 1. The third-order valence-corrected chi connectivity index (χ3v) is 3.19. The Bertz CT molecular complexity index is 541. The van der Waals surface area contributed by atoms with Crippen molar-refractivity contribution in [1.29, 1.82) is 0 Å². The van der Waals surface area contributed by atoms with Gasteiger partial charge in [-0.05, 0) is 26.7 Å². The molecule has 2 aromatic heterocycles. The standard InChI is InChI=1S/C12H17N5/c1-3-13-11-9-12(17(4-2)7-14-11)16-10(15-9)8-5-6-8/h7-8H,3-6H2,1-2H3,(H,13,15,16)/p+1. The Labute approximate surface area is 100 Å². The van der Waals surface area contributed by atoms with Crippen LogP contribution in [0.1, 0.15) is 38.4 Å². The summed E-state index contributed by atoms with van der Waals surface area (Å²) in [7, 11) is 0. The van der Waals surface area contributed by atoms with Gasteiger partial charge in [-0.2, -0.15) is 0 Å². The highest BCUT2D eigenvalue weighted by Gasteiger charge is 2.31. The van der Waals surface area contributed by atoms with Gasteiger partial charge in [0.05, 0.1) is 6.54 Å². The maximum Gasteiger partial charge on any atom is 0.293 e. The molecule has 2 heterocycles. The van der Waals surface area contributed by atoms with E-state index in [9.17, 15) is 0 Å². The van der Waals surface area contributed by atoms with Crippen molar-refractivity contribution < 1.29 is 4.57 Å². The number of aryl methyl sites for hydroxylation is 1. The van der Waals surface area contributed by atoms with Gasteiger partial charge < -0.3 is 10.3 Å². The van der Waals surface area contributed by atoms with Crippen molar-refractivity contribution >= 4 is 17.0 Å². The van der Waals surface area contributed by atoms with Crippen LogP contribution >= 0.6 is 0 Å². The smallest absolute Gasteiger partial charge is 0.293 e. The molecule has 2 aromatic rings. The van der Waals surface area contributed by atoms with Crippen LogP contribution < -0.4 is 9.88 Å². The molecule has 0 spiro atoms. The lowest BCUT2D eigenvalue weighted by atomic mass is 10.4. The number of aromatic amines is 1. The zero-order valence-electron chi connectivity index (χ0n) is 10.3. The fourth-order valence-corrected chi connectivity index (χ4v) is 2.08. The number of imidazole rings is 1. The van der Waals surface area contributed by atoms with Crippen molar-refractivity contribution in [3.8, 4) is 0 Å². The Hall–Kier alpha value is -1.65. The van der Waals surface area contributed by atoms with E-state index in [1.54, 1.807) is 0 Å². The number of nitrogens with one attached hydrogen (secondary N) is 2. The Morgan fingerprint density at radius 1 is 1.47 bits per heavy atom. The van der Waals surface area contributed by atoms with E-state index in [0.717, 1.165) is 35.9 Å². The summed E-state index contributed by atoms with van der Waals surface area (Å²) in [6.45, 7) is 5.95. The molecule has 90 valence electrons. The number of nitrogens with zero attached hydrogens (tertiary/aromatic N) is 3.